The second kappa shape index (κ2) is 15.5. The van der Waals surface area contributed by atoms with Crippen molar-refractivity contribution in [3.8, 4) is 0 Å². The highest BCUT2D eigenvalue weighted by molar-refractivity contribution is 7.13. The SMILES string of the molecule is Cc1nc(C(C)C)sc1C(=O)N1CCNC(=O)[C@H](Cc2ccccc2)NC(=O)[C@H](C)N(C)C(=O)[C@H](Cc2c[nH]c3ccccc23)NC(=O)C1. The van der Waals surface area contributed by atoms with Gasteiger partial charge >= 0.3 is 0 Å². The van der Waals surface area contributed by atoms with Crippen molar-refractivity contribution < 1.29 is 24.0 Å². The molecular weight excluding hydrogens is 643 g/mol. The summed E-state index contributed by atoms with van der Waals surface area (Å²) in [4.78, 5) is 79.7. The lowest BCUT2D eigenvalue weighted by Crippen LogP contribution is -2.57. The number of aromatic amines is 1. The van der Waals surface area contributed by atoms with Crippen molar-refractivity contribution in [2.24, 2.45) is 0 Å². The lowest BCUT2D eigenvalue weighted by Gasteiger charge is -2.30. The van der Waals surface area contributed by atoms with E-state index < -0.39 is 47.7 Å². The fraction of sp³-hybridized carbons (Fsp3) is 0.389. The number of hydrogen-bond acceptors (Lipinski definition) is 7. The molecule has 1 aliphatic heterocycles. The van der Waals surface area contributed by atoms with Crippen LogP contribution in [0.4, 0.5) is 0 Å². The molecule has 1 aliphatic rings. The molecule has 3 heterocycles. The van der Waals surface area contributed by atoms with Crippen LogP contribution in [-0.2, 0) is 32.0 Å². The first-order chi connectivity index (χ1) is 23.4. The average Bonchev–Trinajstić information content (AvgIpc) is 3.69. The van der Waals surface area contributed by atoms with Gasteiger partial charge in [0.05, 0.1) is 17.2 Å². The Morgan fingerprint density at radius 1 is 0.959 bits per heavy atom. The molecule has 2 aromatic heterocycles. The zero-order valence-electron chi connectivity index (χ0n) is 28.4. The monoisotopic (exact) mass is 685 g/mol. The Balaban J connectivity index is 1.48. The van der Waals surface area contributed by atoms with Crippen molar-refractivity contribution in [3.63, 3.8) is 0 Å². The minimum Gasteiger partial charge on any atom is -0.361 e. The van der Waals surface area contributed by atoms with Crippen LogP contribution in [0, 0.1) is 6.92 Å². The van der Waals surface area contributed by atoms with Gasteiger partial charge in [-0.2, -0.15) is 0 Å². The van der Waals surface area contributed by atoms with E-state index in [1.54, 1.807) is 20.0 Å². The standard InChI is InChI=1S/C36H43N7O5S/c1-21(2)34-39-22(3)31(49-34)36(48)43-16-15-37-33(46)28(17-24-11-7-6-8-12-24)41-32(45)23(4)42(5)35(47)29(40-30(44)20-43)18-25-19-38-27-14-10-9-13-26(25)27/h6-14,19,21,23,28-29,38H,15-18,20H2,1-5H3,(H,37,46)(H,40,44)(H,41,45)/t23-,28-,29-/m0/s1. The molecule has 0 bridgehead atoms. The molecule has 2 aromatic carbocycles. The molecule has 1 fully saturated rings. The largest absolute Gasteiger partial charge is 0.361 e. The number of para-hydroxylation sites is 1. The van der Waals surface area contributed by atoms with E-state index in [0.717, 1.165) is 27.0 Å². The zero-order chi connectivity index (χ0) is 35.2. The maximum absolute atomic E-state index is 14.1. The lowest BCUT2D eigenvalue weighted by atomic mass is 10.0. The van der Waals surface area contributed by atoms with E-state index in [9.17, 15) is 24.0 Å². The van der Waals surface area contributed by atoms with E-state index in [0.29, 0.717) is 10.6 Å². The molecule has 13 heteroatoms. The van der Waals surface area contributed by atoms with Gasteiger partial charge in [0.25, 0.3) is 5.91 Å². The molecule has 5 amide bonds. The van der Waals surface area contributed by atoms with Gasteiger partial charge in [-0.15, -0.1) is 11.3 Å². The van der Waals surface area contributed by atoms with Crippen LogP contribution >= 0.6 is 11.3 Å². The number of fused-ring (bicyclic) bond motifs is 1. The first-order valence-corrected chi connectivity index (χ1v) is 17.2. The normalized spacial score (nSPS) is 20.1. The fourth-order valence-corrected chi connectivity index (χ4v) is 6.83. The molecular formula is C36H43N7O5S. The van der Waals surface area contributed by atoms with Crippen molar-refractivity contribution in [2.45, 2.75) is 64.6 Å². The molecule has 4 aromatic rings. The number of aromatic nitrogens is 2. The smallest absolute Gasteiger partial charge is 0.266 e. The quantitative estimate of drug-likeness (QED) is 0.245. The summed E-state index contributed by atoms with van der Waals surface area (Å²) < 4.78 is 0. The highest BCUT2D eigenvalue weighted by Crippen LogP contribution is 2.26. The Labute approximate surface area is 289 Å². The van der Waals surface area contributed by atoms with E-state index in [-0.39, 0.29) is 38.4 Å². The van der Waals surface area contributed by atoms with Crippen LogP contribution in [0.5, 0.6) is 0 Å². The summed E-state index contributed by atoms with van der Waals surface area (Å²) in [5.74, 6) is -2.28. The van der Waals surface area contributed by atoms with Gasteiger partial charge in [-0.25, -0.2) is 4.98 Å². The van der Waals surface area contributed by atoms with Crippen molar-refractivity contribution in [2.75, 3.05) is 26.7 Å². The number of rotatable bonds is 6. The van der Waals surface area contributed by atoms with Gasteiger partial charge in [0.15, 0.2) is 0 Å². The Hall–Kier alpha value is -5.04. The maximum atomic E-state index is 14.1. The van der Waals surface area contributed by atoms with Gasteiger partial charge in [0, 0.05) is 56.0 Å². The van der Waals surface area contributed by atoms with Gasteiger partial charge in [-0.05, 0) is 31.0 Å². The number of carbonyl (C=O) groups is 5. The van der Waals surface area contributed by atoms with Crippen LogP contribution in [0.1, 0.15) is 58.2 Å². The third-order valence-corrected chi connectivity index (χ3v) is 10.2. The number of aryl methyl sites for hydroxylation is 1. The predicted molar refractivity (Wildman–Crippen MR) is 188 cm³/mol. The first-order valence-electron chi connectivity index (χ1n) is 16.4. The molecule has 1 saturated heterocycles. The Kier molecular flexibility index (Phi) is 11.1. The number of nitrogens with zero attached hydrogens (tertiary/aromatic N) is 3. The maximum Gasteiger partial charge on any atom is 0.266 e. The number of carbonyl (C=O) groups excluding carboxylic acids is 5. The van der Waals surface area contributed by atoms with Crippen molar-refractivity contribution >= 4 is 51.8 Å². The zero-order valence-corrected chi connectivity index (χ0v) is 29.2. The number of amides is 5. The Morgan fingerprint density at radius 3 is 2.39 bits per heavy atom. The van der Waals surface area contributed by atoms with E-state index in [2.05, 4.69) is 25.9 Å². The van der Waals surface area contributed by atoms with E-state index in [4.69, 9.17) is 0 Å². The summed E-state index contributed by atoms with van der Waals surface area (Å²) in [5, 5.41) is 10.2. The van der Waals surface area contributed by atoms with Crippen LogP contribution in [-0.4, -0.2) is 94.1 Å². The van der Waals surface area contributed by atoms with Gasteiger partial charge in [-0.1, -0.05) is 62.4 Å². The predicted octanol–water partition coefficient (Wildman–Crippen LogP) is 2.93. The molecule has 4 N–H and O–H groups in total. The highest BCUT2D eigenvalue weighted by atomic mass is 32.1. The minimum absolute atomic E-state index is 0.00964. The number of benzene rings is 2. The van der Waals surface area contributed by atoms with E-state index in [1.165, 1.54) is 28.2 Å². The molecule has 5 rings (SSSR count). The molecule has 0 unspecified atom stereocenters. The molecule has 258 valence electrons. The average molecular weight is 686 g/mol. The van der Waals surface area contributed by atoms with Crippen LogP contribution in [0.15, 0.2) is 60.8 Å². The molecule has 3 atom stereocenters. The van der Waals surface area contributed by atoms with Crippen LogP contribution in [0.25, 0.3) is 10.9 Å². The topological polar surface area (TPSA) is 157 Å². The van der Waals surface area contributed by atoms with Crippen molar-refractivity contribution in [1.82, 2.24) is 35.7 Å². The summed E-state index contributed by atoms with van der Waals surface area (Å²) in [6.45, 7) is 7.01. The molecule has 49 heavy (non-hydrogen) atoms. The van der Waals surface area contributed by atoms with Crippen molar-refractivity contribution in [1.29, 1.82) is 0 Å². The first kappa shape index (κ1) is 35.3. The Bertz CT molecular complexity index is 1840. The van der Waals surface area contributed by atoms with Crippen LogP contribution < -0.4 is 16.0 Å². The minimum atomic E-state index is -1.05. The summed E-state index contributed by atoms with van der Waals surface area (Å²) in [6.07, 6.45) is 2.16. The van der Waals surface area contributed by atoms with Crippen LogP contribution in [0.2, 0.25) is 0 Å². The molecule has 12 nitrogen and oxygen atoms in total. The molecule has 0 aliphatic carbocycles. The molecule has 0 spiro atoms. The number of nitrogens with one attached hydrogen (secondary N) is 4. The third kappa shape index (κ3) is 8.34. The lowest BCUT2D eigenvalue weighted by molar-refractivity contribution is -0.142. The summed E-state index contributed by atoms with van der Waals surface area (Å²) in [7, 11) is 1.50. The number of likely N-dealkylation sites (N-methyl/N-ethyl adjacent to an activating group) is 1. The summed E-state index contributed by atoms with van der Waals surface area (Å²) in [5.41, 5.74) is 3.09. The number of H-pyrrole nitrogens is 1. The van der Waals surface area contributed by atoms with Gasteiger partial charge in [-0.3, -0.25) is 24.0 Å². The van der Waals surface area contributed by atoms with Gasteiger partial charge in [0.1, 0.15) is 23.0 Å². The molecule has 0 saturated carbocycles. The van der Waals surface area contributed by atoms with Gasteiger partial charge < -0.3 is 30.7 Å². The number of thiazole rings is 1. The third-order valence-electron chi connectivity index (χ3n) is 8.76. The highest BCUT2D eigenvalue weighted by Gasteiger charge is 2.34. The van der Waals surface area contributed by atoms with Gasteiger partial charge in [0.2, 0.25) is 23.6 Å². The van der Waals surface area contributed by atoms with Crippen LogP contribution in [0.3, 0.4) is 0 Å². The van der Waals surface area contributed by atoms with Crippen molar-refractivity contribution in [3.05, 3.63) is 87.5 Å². The summed E-state index contributed by atoms with van der Waals surface area (Å²) in [6, 6.07) is 14.0. The summed E-state index contributed by atoms with van der Waals surface area (Å²) >= 11 is 1.28. The second-order valence-electron chi connectivity index (χ2n) is 12.7. The van der Waals surface area contributed by atoms with E-state index in [1.807, 2.05) is 68.4 Å². The second-order valence-corrected chi connectivity index (χ2v) is 13.7. The number of hydrogen-bond donors (Lipinski definition) is 4. The fourth-order valence-electron chi connectivity index (χ4n) is 5.79. The molecule has 0 radical (unpaired) electrons. The van der Waals surface area contributed by atoms with E-state index >= 15 is 0 Å². The Morgan fingerprint density at radius 2 is 1.67 bits per heavy atom.